The van der Waals surface area contributed by atoms with E-state index in [0.717, 1.165) is 30.8 Å². The van der Waals surface area contributed by atoms with Gasteiger partial charge in [0.15, 0.2) is 5.16 Å². The summed E-state index contributed by atoms with van der Waals surface area (Å²) >= 11 is 3.05. The van der Waals surface area contributed by atoms with E-state index in [9.17, 15) is 4.79 Å². The Hall–Kier alpha value is -1.48. The van der Waals surface area contributed by atoms with Gasteiger partial charge >= 0.3 is 0 Å². The zero-order valence-corrected chi connectivity index (χ0v) is 14.0. The van der Waals surface area contributed by atoms with Crippen LogP contribution in [0.5, 0.6) is 0 Å². The standard InChI is InChI=1S/C13H19N5O2S2/c1-2-3-6-22-13-18-17-11(20-13)5-4-7-21-12-15-9(14)8-10(19)16-12/h8H,2-7H2,1H3,(H3,14,15,16,19). The van der Waals surface area contributed by atoms with Gasteiger partial charge in [-0.3, -0.25) is 4.79 Å². The molecule has 0 radical (unpaired) electrons. The highest BCUT2D eigenvalue weighted by Crippen LogP contribution is 2.19. The van der Waals surface area contributed by atoms with Gasteiger partial charge in [-0.05, 0) is 12.8 Å². The molecular formula is C13H19N5O2S2. The fourth-order valence-corrected chi connectivity index (χ4v) is 3.30. The topological polar surface area (TPSA) is 111 Å². The van der Waals surface area contributed by atoms with Crippen LogP contribution < -0.4 is 11.3 Å². The van der Waals surface area contributed by atoms with Gasteiger partial charge in [0.25, 0.3) is 10.8 Å². The molecule has 7 nitrogen and oxygen atoms in total. The lowest BCUT2D eigenvalue weighted by atomic mass is 10.3. The van der Waals surface area contributed by atoms with E-state index in [0.29, 0.717) is 22.7 Å². The maximum Gasteiger partial charge on any atom is 0.276 e. The van der Waals surface area contributed by atoms with Crippen molar-refractivity contribution in [3.05, 3.63) is 22.3 Å². The summed E-state index contributed by atoms with van der Waals surface area (Å²) in [4.78, 5) is 17.9. The summed E-state index contributed by atoms with van der Waals surface area (Å²) < 4.78 is 5.56. The monoisotopic (exact) mass is 341 g/mol. The van der Waals surface area contributed by atoms with Crippen molar-refractivity contribution < 1.29 is 4.42 Å². The molecule has 9 heteroatoms. The normalized spacial score (nSPS) is 11.0. The second-order valence-electron chi connectivity index (χ2n) is 4.59. The summed E-state index contributed by atoms with van der Waals surface area (Å²) in [6.07, 6.45) is 3.86. The second-order valence-corrected chi connectivity index (χ2v) is 6.72. The van der Waals surface area contributed by atoms with Gasteiger partial charge in [0.05, 0.1) is 0 Å². The quantitative estimate of drug-likeness (QED) is 0.406. The van der Waals surface area contributed by atoms with Crippen LogP contribution in [0.2, 0.25) is 0 Å². The van der Waals surface area contributed by atoms with Crippen molar-refractivity contribution in [1.82, 2.24) is 20.2 Å². The number of H-pyrrole nitrogens is 1. The first-order valence-electron chi connectivity index (χ1n) is 7.12. The number of unbranched alkanes of at least 4 members (excludes halogenated alkanes) is 1. The fraction of sp³-hybridized carbons (Fsp3) is 0.538. The highest BCUT2D eigenvalue weighted by Gasteiger charge is 2.07. The zero-order chi connectivity index (χ0) is 15.8. The SMILES string of the molecule is CCCCSc1nnc(CCCSc2nc(N)cc(=O)[nH]2)o1. The predicted octanol–water partition coefficient (Wildman–Crippen LogP) is 2.35. The first-order valence-corrected chi connectivity index (χ1v) is 9.09. The number of hydrogen-bond acceptors (Lipinski definition) is 8. The highest BCUT2D eigenvalue weighted by molar-refractivity contribution is 7.99. The third kappa shape index (κ3) is 5.72. The molecule has 2 heterocycles. The van der Waals surface area contributed by atoms with E-state index < -0.39 is 0 Å². The van der Waals surface area contributed by atoms with Crippen LogP contribution in [-0.4, -0.2) is 31.7 Å². The van der Waals surface area contributed by atoms with Gasteiger partial charge in [0.2, 0.25) is 5.89 Å². The number of rotatable bonds is 9. The van der Waals surface area contributed by atoms with Crippen LogP contribution in [0.4, 0.5) is 5.82 Å². The molecule has 3 N–H and O–H groups in total. The Morgan fingerprint density at radius 1 is 1.27 bits per heavy atom. The average molecular weight is 341 g/mol. The summed E-state index contributed by atoms with van der Waals surface area (Å²) in [7, 11) is 0. The maximum absolute atomic E-state index is 11.3. The predicted molar refractivity (Wildman–Crippen MR) is 88.2 cm³/mol. The first-order chi connectivity index (χ1) is 10.7. The zero-order valence-electron chi connectivity index (χ0n) is 12.4. The molecule has 22 heavy (non-hydrogen) atoms. The largest absolute Gasteiger partial charge is 0.416 e. The Morgan fingerprint density at radius 3 is 2.86 bits per heavy atom. The van der Waals surface area contributed by atoms with Gasteiger partial charge in [0.1, 0.15) is 5.82 Å². The smallest absolute Gasteiger partial charge is 0.276 e. The molecule has 120 valence electrons. The summed E-state index contributed by atoms with van der Waals surface area (Å²) in [6, 6.07) is 1.26. The van der Waals surface area contributed by atoms with Crippen molar-refractivity contribution in [1.29, 1.82) is 0 Å². The molecular weight excluding hydrogens is 322 g/mol. The Morgan fingerprint density at radius 2 is 2.09 bits per heavy atom. The molecule has 0 saturated carbocycles. The van der Waals surface area contributed by atoms with Gasteiger partial charge in [-0.1, -0.05) is 36.9 Å². The molecule has 0 aromatic carbocycles. The number of aromatic nitrogens is 4. The summed E-state index contributed by atoms with van der Waals surface area (Å²) in [5.41, 5.74) is 5.29. The number of nitrogen functional groups attached to an aromatic ring is 1. The molecule has 2 aromatic heterocycles. The van der Waals surface area contributed by atoms with Gasteiger partial charge in [-0.2, -0.15) is 0 Å². The minimum absolute atomic E-state index is 0.233. The molecule has 0 spiro atoms. The average Bonchev–Trinajstić information content (AvgIpc) is 2.91. The van der Waals surface area contributed by atoms with Crippen molar-refractivity contribution in [3.63, 3.8) is 0 Å². The molecule has 0 aliphatic rings. The van der Waals surface area contributed by atoms with Crippen LogP contribution >= 0.6 is 23.5 Å². The fourth-order valence-electron chi connectivity index (χ4n) is 1.62. The van der Waals surface area contributed by atoms with E-state index in [1.54, 1.807) is 11.8 Å². The number of aryl methyl sites for hydroxylation is 1. The molecule has 2 rings (SSSR count). The summed E-state index contributed by atoms with van der Waals surface area (Å²) in [5, 5.41) is 9.21. The summed E-state index contributed by atoms with van der Waals surface area (Å²) in [5.74, 6) is 2.67. The molecule has 0 unspecified atom stereocenters. The van der Waals surface area contributed by atoms with Crippen molar-refractivity contribution >= 4 is 29.3 Å². The molecule has 0 aliphatic heterocycles. The van der Waals surface area contributed by atoms with E-state index in [4.69, 9.17) is 10.2 Å². The Kier molecular flexibility index (Phi) is 6.78. The number of hydrogen-bond donors (Lipinski definition) is 2. The van der Waals surface area contributed by atoms with E-state index in [-0.39, 0.29) is 11.4 Å². The lowest BCUT2D eigenvalue weighted by molar-refractivity contribution is 0.412. The van der Waals surface area contributed by atoms with Gasteiger partial charge in [-0.15, -0.1) is 10.2 Å². The number of anilines is 1. The van der Waals surface area contributed by atoms with Crippen LogP contribution in [0.1, 0.15) is 32.1 Å². The van der Waals surface area contributed by atoms with E-state index in [2.05, 4.69) is 27.1 Å². The number of thioether (sulfide) groups is 2. The lowest BCUT2D eigenvalue weighted by Gasteiger charge is -2.00. The van der Waals surface area contributed by atoms with E-state index in [1.165, 1.54) is 17.8 Å². The van der Waals surface area contributed by atoms with Crippen molar-refractivity contribution in [2.24, 2.45) is 0 Å². The molecule has 0 saturated heterocycles. The molecule has 0 amide bonds. The maximum atomic E-state index is 11.3. The lowest BCUT2D eigenvalue weighted by Crippen LogP contribution is -2.09. The van der Waals surface area contributed by atoms with Crippen LogP contribution in [0.3, 0.4) is 0 Å². The minimum atomic E-state index is -0.236. The van der Waals surface area contributed by atoms with E-state index >= 15 is 0 Å². The Labute approximate surface area is 136 Å². The van der Waals surface area contributed by atoms with Gasteiger partial charge < -0.3 is 15.1 Å². The molecule has 0 fully saturated rings. The van der Waals surface area contributed by atoms with E-state index in [1.807, 2.05) is 0 Å². The molecule has 2 aromatic rings. The van der Waals surface area contributed by atoms with Crippen molar-refractivity contribution in [2.75, 3.05) is 17.2 Å². The molecule has 0 aliphatic carbocycles. The number of nitrogens with zero attached hydrogens (tertiary/aromatic N) is 3. The molecule has 0 atom stereocenters. The highest BCUT2D eigenvalue weighted by atomic mass is 32.2. The van der Waals surface area contributed by atoms with Crippen LogP contribution in [0.25, 0.3) is 0 Å². The summed E-state index contributed by atoms with van der Waals surface area (Å²) in [6.45, 7) is 2.15. The molecule has 0 bridgehead atoms. The van der Waals surface area contributed by atoms with Crippen LogP contribution in [0.15, 0.2) is 25.7 Å². The Bertz CT molecular complexity index is 643. The number of aromatic amines is 1. The van der Waals surface area contributed by atoms with Crippen molar-refractivity contribution in [2.45, 2.75) is 43.0 Å². The number of nitrogens with two attached hydrogens (primary N) is 1. The van der Waals surface area contributed by atoms with Crippen LogP contribution in [0, 0.1) is 0 Å². The van der Waals surface area contributed by atoms with Gasteiger partial charge in [0, 0.05) is 24.0 Å². The first kappa shape index (κ1) is 16.9. The third-order valence-corrected chi connectivity index (χ3v) is 4.55. The van der Waals surface area contributed by atoms with Gasteiger partial charge in [-0.25, -0.2) is 4.98 Å². The van der Waals surface area contributed by atoms with Crippen molar-refractivity contribution in [3.8, 4) is 0 Å². The van der Waals surface area contributed by atoms with Crippen LogP contribution in [-0.2, 0) is 6.42 Å². The third-order valence-electron chi connectivity index (χ3n) is 2.69. The second kappa shape index (κ2) is 8.84. The Balaban J connectivity index is 1.71. The minimum Gasteiger partial charge on any atom is -0.416 e. The number of nitrogens with one attached hydrogen (secondary N) is 1.